The van der Waals surface area contributed by atoms with Gasteiger partial charge in [-0.2, -0.15) is 0 Å². The topological polar surface area (TPSA) is 66.9 Å². The number of benzene rings is 1. The van der Waals surface area contributed by atoms with Gasteiger partial charge in [0.2, 0.25) is 5.91 Å². The molecule has 1 aromatic heterocycles. The first-order chi connectivity index (χ1) is 16.0. The predicted octanol–water partition coefficient (Wildman–Crippen LogP) is 3.07. The van der Waals surface area contributed by atoms with Crippen molar-refractivity contribution in [2.24, 2.45) is 17.8 Å². The summed E-state index contributed by atoms with van der Waals surface area (Å²) in [5.74, 6) is 1.71. The standard InChI is InChI=1S/C26H34N4O3/c1-17-11-19-14-27-23(28-25(31)24-20-3-9-32-15-21(20)24)13-18(19)12-22(17)29-5-7-30(8-6-29)26(2)4-10-33-16-26/h11-14,20-21,24H,3-10,15-16H2,1-2H3,(H,27,28,31)/t20-,21+,24-,26-/m1/s1. The lowest BCUT2D eigenvalue weighted by molar-refractivity contribution is -0.117. The summed E-state index contributed by atoms with van der Waals surface area (Å²) >= 11 is 0. The molecule has 7 heteroatoms. The van der Waals surface area contributed by atoms with Crippen LogP contribution in [0.4, 0.5) is 11.5 Å². The molecule has 0 unspecified atom stereocenters. The molecular weight excluding hydrogens is 416 g/mol. The number of hydrogen-bond donors (Lipinski definition) is 1. The zero-order valence-corrected chi connectivity index (χ0v) is 19.7. The van der Waals surface area contributed by atoms with Gasteiger partial charge in [0.05, 0.1) is 13.2 Å². The van der Waals surface area contributed by atoms with Gasteiger partial charge in [0, 0.05) is 68.1 Å². The van der Waals surface area contributed by atoms with Crippen LogP contribution in [0.2, 0.25) is 0 Å². The second-order valence-electron chi connectivity index (χ2n) is 10.5. The molecule has 0 bridgehead atoms. The SMILES string of the molecule is Cc1cc2cnc(NC(=O)[C@@H]3[C@@H]4CCOC[C@@H]43)cc2cc1N1CCN([C@]2(C)CCOC2)CC1. The van der Waals surface area contributed by atoms with E-state index in [1.165, 1.54) is 11.3 Å². The molecule has 176 valence electrons. The quantitative estimate of drug-likeness (QED) is 0.772. The van der Waals surface area contributed by atoms with E-state index >= 15 is 0 Å². The lowest BCUT2D eigenvalue weighted by Gasteiger charge is -2.44. The Kier molecular flexibility index (Phi) is 5.31. The smallest absolute Gasteiger partial charge is 0.229 e. The number of rotatable bonds is 4. The van der Waals surface area contributed by atoms with Crippen LogP contribution >= 0.6 is 0 Å². The molecule has 1 saturated carbocycles. The van der Waals surface area contributed by atoms with Crippen molar-refractivity contribution < 1.29 is 14.3 Å². The Hall–Kier alpha value is -2.22. The van der Waals surface area contributed by atoms with E-state index in [0.717, 1.165) is 76.2 Å². The maximum atomic E-state index is 12.8. The van der Waals surface area contributed by atoms with Gasteiger partial charge in [-0.3, -0.25) is 9.69 Å². The Bertz CT molecular complexity index is 1050. The van der Waals surface area contributed by atoms with E-state index in [1.54, 1.807) is 0 Å². The van der Waals surface area contributed by atoms with Crippen molar-refractivity contribution in [2.75, 3.05) is 62.8 Å². The van der Waals surface area contributed by atoms with Gasteiger partial charge in [-0.1, -0.05) is 0 Å². The number of pyridine rings is 1. The summed E-state index contributed by atoms with van der Waals surface area (Å²) in [7, 11) is 0. The highest BCUT2D eigenvalue weighted by Gasteiger charge is 2.55. The summed E-state index contributed by atoms with van der Waals surface area (Å²) in [4.78, 5) is 22.4. The highest BCUT2D eigenvalue weighted by Crippen LogP contribution is 2.51. The number of anilines is 2. The van der Waals surface area contributed by atoms with Crippen molar-refractivity contribution in [1.82, 2.24) is 9.88 Å². The Morgan fingerprint density at radius 1 is 1.09 bits per heavy atom. The van der Waals surface area contributed by atoms with Crippen LogP contribution < -0.4 is 10.2 Å². The molecule has 0 spiro atoms. The molecule has 4 heterocycles. The molecule has 4 aliphatic rings. The van der Waals surface area contributed by atoms with E-state index in [-0.39, 0.29) is 17.4 Å². The van der Waals surface area contributed by atoms with E-state index in [9.17, 15) is 4.79 Å². The van der Waals surface area contributed by atoms with E-state index in [1.807, 2.05) is 12.3 Å². The zero-order valence-electron chi connectivity index (χ0n) is 19.7. The Balaban J connectivity index is 1.17. The van der Waals surface area contributed by atoms with Gasteiger partial charge in [-0.05, 0) is 67.7 Å². The lowest BCUT2D eigenvalue weighted by Crippen LogP contribution is -2.56. The number of piperazine rings is 1. The third kappa shape index (κ3) is 3.90. The van der Waals surface area contributed by atoms with Crippen molar-refractivity contribution in [2.45, 2.75) is 32.2 Å². The van der Waals surface area contributed by atoms with Crippen molar-refractivity contribution in [3.63, 3.8) is 0 Å². The summed E-state index contributed by atoms with van der Waals surface area (Å²) in [6.07, 6.45) is 4.00. The number of aromatic nitrogens is 1. The normalized spacial score (nSPS) is 32.1. The highest BCUT2D eigenvalue weighted by atomic mass is 16.5. The summed E-state index contributed by atoms with van der Waals surface area (Å²) in [5, 5.41) is 5.30. The Labute approximate surface area is 195 Å². The molecule has 1 N–H and O–H groups in total. The lowest BCUT2D eigenvalue weighted by atomic mass is 9.97. The minimum atomic E-state index is 0.0852. The van der Waals surface area contributed by atoms with Crippen molar-refractivity contribution in [3.05, 3.63) is 30.0 Å². The first-order valence-corrected chi connectivity index (χ1v) is 12.4. The van der Waals surface area contributed by atoms with Gasteiger partial charge in [0.1, 0.15) is 5.82 Å². The van der Waals surface area contributed by atoms with Gasteiger partial charge < -0.3 is 19.7 Å². The number of fused-ring (bicyclic) bond motifs is 2. The average Bonchev–Trinajstić information content (AvgIpc) is 3.40. The van der Waals surface area contributed by atoms with E-state index < -0.39 is 0 Å². The molecule has 7 nitrogen and oxygen atoms in total. The molecule has 1 aliphatic carbocycles. The van der Waals surface area contributed by atoms with Gasteiger partial charge in [-0.15, -0.1) is 0 Å². The second-order valence-corrected chi connectivity index (χ2v) is 10.5. The molecular formula is C26H34N4O3. The van der Waals surface area contributed by atoms with Crippen LogP contribution in [0.15, 0.2) is 24.4 Å². The van der Waals surface area contributed by atoms with Gasteiger partial charge in [0.25, 0.3) is 0 Å². The third-order valence-electron chi connectivity index (χ3n) is 8.41. The Morgan fingerprint density at radius 3 is 2.67 bits per heavy atom. The summed E-state index contributed by atoms with van der Waals surface area (Å²) in [6, 6.07) is 6.50. The number of nitrogens with zero attached hydrogens (tertiary/aromatic N) is 3. The summed E-state index contributed by atoms with van der Waals surface area (Å²) in [6.45, 7) is 11.9. The maximum absolute atomic E-state index is 12.8. The largest absolute Gasteiger partial charge is 0.381 e. The fraction of sp³-hybridized carbons (Fsp3) is 0.615. The fourth-order valence-corrected chi connectivity index (χ4v) is 6.20. The molecule has 0 radical (unpaired) electrons. The molecule has 3 aliphatic heterocycles. The fourth-order valence-electron chi connectivity index (χ4n) is 6.20. The van der Waals surface area contributed by atoms with Crippen LogP contribution in [0, 0.1) is 24.7 Å². The minimum absolute atomic E-state index is 0.0852. The third-order valence-corrected chi connectivity index (χ3v) is 8.41. The molecule has 3 saturated heterocycles. The molecule has 1 amide bonds. The van der Waals surface area contributed by atoms with E-state index in [4.69, 9.17) is 9.47 Å². The molecule has 6 rings (SSSR count). The van der Waals surface area contributed by atoms with Crippen molar-refractivity contribution in [3.8, 4) is 0 Å². The van der Waals surface area contributed by atoms with Crippen molar-refractivity contribution in [1.29, 1.82) is 0 Å². The van der Waals surface area contributed by atoms with Crippen LogP contribution in [-0.4, -0.2) is 73.9 Å². The number of hydrogen-bond acceptors (Lipinski definition) is 6. The van der Waals surface area contributed by atoms with Crippen molar-refractivity contribution >= 4 is 28.2 Å². The number of aryl methyl sites for hydroxylation is 1. The molecule has 2 aromatic rings. The number of carbonyl (C=O) groups is 1. The van der Waals surface area contributed by atoms with E-state index in [0.29, 0.717) is 17.7 Å². The van der Waals surface area contributed by atoms with Gasteiger partial charge in [0.15, 0.2) is 0 Å². The first kappa shape index (κ1) is 21.3. The molecule has 33 heavy (non-hydrogen) atoms. The van der Waals surface area contributed by atoms with Crippen LogP contribution in [0.25, 0.3) is 10.8 Å². The van der Waals surface area contributed by atoms with E-state index in [2.05, 4.69) is 46.1 Å². The molecule has 4 fully saturated rings. The van der Waals surface area contributed by atoms with Gasteiger partial charge >= 0.3 is 0 Å². The van der Waals surface area contributed by atoms with Gasteiger partial charge in [-0.25, -0.2) is 4.98 Å². The zero-order chi connectivity index (χ0) is 22.6. The monoisotopic (exact) mass is 450 g/mol. The minimum Gasteiger partial charge on any atom is -0.381 e. The summed E-state index contributed by atoms with van der Waals surface area (Å²) in [5.41, 5.74) is 2.74. The van der Waals surface area contributed by atoms with Crippen LogP contribution in [0.1, 0.15) is 25.3 Å². The number of ether oxygens (including phenoxy) is 2. The van der Waals surface area contributed by atoms with Crippen LogP contribution in [0.3, 0.4) is 0 Å². The Morgan fingerprint density at radius 2 is 1.94 bits per heavy atom. The number of amides is 1. The number of carbonyl (C=O) groups excluding carboxylic acids is 1. The van der Waals surface area contributed by atoms with Crippen LogP contribution in [0.5, 0.6) is 0 Å². The molecule has 1 aromatic carbocycles. The molecule has 4 atom stereocenters. The average molecular weight is 451 g/mol. The first-order valence-electron chi connectivity index (χ1n) is 12.4. The number of nitrogens with one attached hydrogen (secondary N) is 1. The predicted molar refractivity (Wildman–Crippen MR) is 129 cm³/mol. The van der Waals surface area contributed by atoms with Crippen LogP contribution in [-0.2, 0) is 14.3 Å². The summed E-state index contributed by atoms with van der Waals surface area (Å²) < 4.78 is 11.2. The highest BCUT2D eigenvalue weighted by molar-refractivity contribution is 5.96. The maximum Gasteiger partial charge on any atom is 0.229 e. The second kappa shape index (κ2) is 8.22.